The van der Waals surface area contributed by atoms with Crippen LogP contribution in [-0.2, 0) is 37.9 Å². The van der Waals surface area contributed by atoms with E-state index in [4.69, 9.17) is 4.74 Å². The average molecular weight is 703 g/mol. The van der Waals surface area contributed by atoms with Crippen molar-refractivity contribution in [3.05, 3.63) is 173 Å². The maximum Gasteiger partial charge on any atom is 0.123 e. The van der Waals surface area contributed by atoms with E-state index in [0.29, 0.717) is 18.6 Å². The van der Waals surface area contributed by atoms with Crippen molar-refractivity contribution in [1.82, 2.24) is 14.4 Å². The van der Waals surface area contributed by atoms with E-state index in [9.17, 15) is 0 Å². The predicted octanol–water partition coefficient (Wildman–Crippen LogP) is 9.75. The molecule has 0 bridgehead atoms. The summed E-state index contributed by atoms with van der Waals surface area (Å²) in [5.41, 5.74) is 12.0. The van der Waals surface area contributed by atoms with Gasteiger partial charge in [-0.3, -0.25) is 4.90 Å². The van der Waals surface area contributed by atoms with Crippen molar-refractivity contribution in [3.63, 3.8) is 0 Å². The Morgan fingerprint density at radius 1 is 0.736 bits per heavy atom. The summed E-state index contributed by atoms with van der Waals surface area (Å²) >= 11 is 0. The molecule has 272 valence electrons. The van der Waals surface area contributed by atoms with E-state index in [2.05, 4.69) is 174 Å². The minimum absolute atomic E-state index is 0.213. The van der Waals surface area contributed by atoms with Crippen LogP contribution in [0.2, 0.25) is 0 Å². The van der Waals surface area contributed by atoms with Crippen LogP contribution in [0.15, 0.2) is 133 Å². The van der Waals surface area contributed by atoms with Crippen molar-refractivity contribution < 1.29 is 4.74 Å². The number of para-hydroxylation sites is 1. The fourth-order valence-corrected chi connectivity index (χ4v) is 9.18. The Bertz CT molecular complexity index is 2050. The van der Waals surface area contributed by atoms with Gasteiger partial charge in [-0.25, -0.2) is 0 Å². The normalized spacial score (nSPS) is 17.7. The van der Waals surface area contributed by atoms with Crippen molar-refractivity contribution >= 4 is 16.6 Å². The van der Waals surface area contributed by atoms with Gasteiger partial charge in [0.15, 0.2) is 0 Å². The molecule has 8 rings (SSSR count). The number of hydrogen-bond acceptors (Lipinski definition) is 4. The van der Waals surface area contributed by atoms with E-state index in [1.54, 1.807) is 0 Å². The van der Waals surface area contributed by atoms with Crippen LogP contribution in [0.5, 0.6) is 0 Å². The second-order valence-electron chi connectivity index (χ2n) is 15.0. The van der Waals surface area contributed by atoms with E-state index < -0.39 is 0 Å². The molecule has 2 aliphatic rings. The van der Waals surface area contributed by atoms with E-state index in [-0.39, 0.29) is 6.10 Å². The first-order valence-corrected chi connectivity index (χ1v) is 19.8. The first-order chi connectivity index (χ1) is 26.1. The van der Waals surface area contributed by atoms with Crippen LogP contribution in [0.3, 0.4) is 0 Å². The largest absolute Gasteiger partial charge is 0.367 e. The Morgan fingerprint density at radius 3 is 2.04 bits per heavy atom. The molecule has 3 heterocycles. The molecule has 3 atom stereocenters. The van der Waals surface area contributed by atoms with Crippen LogP contribution < -0.4 is 4.90 Å². The summed E-state index contributed by atoms with van der Waals surface area (Å²) < 4.78 is 9.60. The number of anilines is 1. The van der Waals surface area contributed by atoms with Gasteiger partial charge in [0, 0.05) is 68.3 Å². The zero-order chi connectivity index (χ0) is 36.1. The van der Waals surface area contributed by atoms with Crippen molar-refractivity contribution in [2.45, 2.75) is 64.4 Å². The highest BCUT2D eigenvalue weighted by molar-refractivity contribution is 5.86. The molecular weight excluding hydrogens is 649 g/mol. The van der Waals surface area contributed by atoms with Crippen LogP contribution in [0, 0.1) is 0 Å². The van der Waals surface area contributed by atoms with E-state index in [1.807, 2.05) is 0 Å². The number of piperidine rings is 1. The molecule has 3 unspecified atom stereocenters. The maximum absolute atomic E-state index is 7.18. The molecule has 0 spiro atoms. The molecule has 1 aromatic heterocycles. The van der Waals surface area contributed by atoms with Crippen molar-refractivity contribution in [2.24, 2.45) is 7.05 Å². The van der Waals surface area contributed by atoms with Crippen LogP contribution in [0.1, 0.15) is 71.4 Å². The highest BCUT2D eigenvalue weighted by Gasteiger charge is 2.41. The predicted molar refractivity (Wildman–Crippen MR) is 219 cm³/mol. The Balaban J connectivity index is 1.19. The number of benzene rings is 5. The summed E-state index contributed by atoms with van der Waals surface area (Å²) in [6.45, 7) is 12.4. The molecule has 0 saturated carbocycles. The minimum atomic E-state index is -0.213. The van der Waals surface area contributed by atoms with Gasteiger partial charge in [-0.15, -0.1) is 0 Å². The smallest absolute Gasteiger partial charge is 0.123 e. The van der Waals surface area contributed by atoms with Gasteiger partial charge in [0.05, 0.1) is 12.3 Å². The molecule has 6 aromatic rings. The molecule has 0 radical (unpaired) electrons. The van der Waals surface area contributed by atoms with Gasteiger partial charge in [-0.2, -0.15) is 0 Å². The molecule has 1 saturated heterocycles. The third-order valence-electron chi connectivity index (χ3n) is 11.9. The Morgan fingerprint density at radius 2 is 1.38 bits per heavy atom. The number of aryl methyl sites for hydroxylation is 1. The number of aromatic nitrogens is 1. The zero-order valence-electron chi connectivity index (χ0n) is 31.7. The molecular formula is C48H54N4O. The lowest BCUT2D eigenvalue weighted by molar-refractivity contribution is 0.0617. The standard InChI is InChI=1S/C48H54N4O/c1-4-50-29-27-41-43-31-39(25-26-45(43)52(5-2)46(41)34-50)48(53-35-38-21-13-8-14-22-38)47-42(40-23-15-16-24-44(40)49(47)3)28-30-51(32-36-17-9-6-10-18-36)33-37-19-11-7-12-20-37/h6-26,31,41,46,48H,4-5,27-30,32-35H2,1-3H3. The number of rotatable bonds is 14. The molecule has 53 heavy (non-hydrogen) atoms. The first kappa shape index (κ1) is 35.4. The van der Waals surface area contributed by atoms with Crippen molar-refractivity contribution in [2.75, 3.05) is 37.6 Å². The van der Waals surface area contributed by atoms with Crippen molar-refractivity contribution in [1.29, 1.82) is 0 Å². The summed E-state index contributed by atoms with van der Waals surface area (Å²) in [5, 5.41) is 1.32. The lowest BCUT2D eigenvalue weighted by atomic mass is 9.86. The third kappa shape index (κ3) is 7.44. The maximum atomic E-state index is 7.18. The van der Waals surface area contributed by atoms with Gasteiger partial charge in [0.2, 0.25) is 0 Å². The second kappa shape index (κ2) is 16.1. The Hall–Kier alpha value is -4.68. The van der Waals surface area contributed by atoms with E-state index in [1.165, 1.54) is 68.6 Å². The number of likely N-dealkylation sites (tertiary alicyclic amines) is 1. The van der Waals surface area contributed by atoms with E-state index in [0.717, 1.165) is 45.7 Å². The van der Waals surface area contributed by atoms with E-state index >= 15 is 0 Å². The van der Waals surface area contributed by atoms with Crippen LogP contribution >= 0.6 is 0 Å². The Kier molecular flexibility index (Phi) is 10.8. The van der Waals surface area contributed by atoms with Gasteiger partial charge >= 0.3 is 0 Å². The quantitative estimate of drug-likeness (QED) is 0.113. The van der Waals surface area contributed by atoms with Crippen LogP contribution in [0.4, 0.5) is 5.69 Å². The third-order valence-corrected chi connectivity index (χ3v) is 11.9. The number of likely N-dealkylation sites (N-methyl/N-ethyl adjacent to an activating group) is 2. The average Bonchev–Trinajstić information content (AvgIpc) is 3.68. The molecule has 0 amide bonds. The molecule has 0 N–H and O–H groups in total. The van der Waals surface area contributed by atoms with Gasteiger partial charge in [0.25, 0.3) is 0 Å². The highest BCUT2D eigenvalue weighted by atomic mass is 16.5. The minimum Gasteiger partial charge on any atom is -0.367 e. The fourth-order valence-electron chi connectivity index (χ4n) is 9.18. The fraction of sp³-hybridized carbons (Fsp3) is 0.333. The van der Waals surface area contributed by atoms with Gasteiger partial charge in [-0.05, 0) is 78.4 Å². The van der Waals surface area contributed by atoms with Gasteiger partial charge < -0.3 is 19.1 Å². The summed E-state index contributed by atoms with van der Waals surface area (Å²) in [6, 6.07) is 49.3. The van der Waals surface area contributed by atoms with Gasteiger partial charge in [0.1, 0.15) is 6.10 Å². The monoisotopic (exact) mass is 702 g/mol. The summed E-state index contributed by atoms with van der Waals surface area (Å²) in [4.78, 5) is 7.90. The molecule has 5 aromatic carbocycles. The lowest BCUT2D eigenvalue weighted by Crippen LogP contribution is -2.48. The zero-order valence-corrected chi connectivity index (χ0v) is 31.7. The summed E-state index contributed by atoms with van der Waals surface area (Å²) in [6.07, 6.45) is 1.92. The summed E-state index contributed by atoms with van der Waals surface area (Å²) in [7, 11) is 2.24. The molecule has 2 aliphatic heterocycles. The second-order valence-corrected chi connectivity index (χ2v) is 15.0. The van der Waals surface area contributed by atoms with Crippen molar-refractivity contribution in [3.8, 4) is 0 Å². The SMILES string of the molecule is CCN1CCC2c3cc(C(OCc4ccccc4)c4c(CCN(Cc5ccccc5)Cc5ccccc5)c5ccccc5n4C)ccc3N(CC)C2C1. The van der Waals surface area contributed by atoms with Gasteiger partial charge in [-0.1, -0.05) is 128 Å². The molecule has 0 aliphatic carbocycles. The lowest BCUT2D eigenvalue weighted by Gasteiger charge is -2.38. The number of ether oxygens (including phenoxy) is 1. The Labute approximate surface area is 316 Å². The molecule has 5 heteroatoms. The van der Waals surface area contributed by atoms with Crippen LogP contribution in [0.25, 0.3) is 10.9 Å². The molecule has 5 nitrogen and oxygen atoms in total. The number of fused-ring (bicyclic) bond motifs is 4. The van der Waals surface area contributed by atoms with Crippen LogP contribution in [-0.4, -0.2) is 53.1 Å². The molecule has 1 fully saturated rings. The summed E-state index contributed by atoms with van der Waals surface area (Å²) in [5.74, 6) is 0.555. The first-order valence-electron chi connectivity index (χ1n) is 19.8. The number of hydrogen-bond donors (Lipinski definition) is 0. The number of nitrogens with zero attached hydrogens (tertiary/aromatic N) is 4. The topological polar surface area (TPSA) is 23.9 Å². The highest BCUT2D eigenvalue weighted by Crippen LogP contribution is 2.47.